The Morgan fingerprint density at radius 2 is 1.92 bits per heavy atom. The molecule has 0 saturated heterocycles. The molecule has 132 valence electrons. The largest absolute Gasteiger partial charge is 0.495 e. The van der Waals surface area contributed by atoms with Gasteiger partial charge in [0.1, 0.15) is 12.3 Å². The summed E-state index contributed by atoms with van der Waals surface area (Å²) in [5.74, 6) is -1.25. The van der Waals surface area contributed by atoms with Crippen LogP contribution in [0.2, 0.25) is 0 Å². The smallest absolute Gasteiger partial charge is 0.326 e. The van der Waals surface area contributed by atoms with E-state index < -0.39 is 23.9 Å². The van der Waals surface area contributed by atoms with E-state index in [1.807, 2.05) is 0 Å². The summed E-state index contributed by atoms with van der Waals surface area (Å²) >= 11 is 0. The Bertz CT molecular complexity index is 741. The number of hydrogen-bond donors (Lipinski definition) is 2. The summed E-state index contributed by atoms with van der Waals surface area (Å²) in [6.07, 6.45) is 0.301. The van der Waals surface area contributed by atoms with Crippen molar-refractivity contribution in [2.75, 3.05) is 19.0 Å². The number of para-hydroxylation sites is 2. The zero-order valence-corrected chi connectivity index (χ0v) is 13.8. The van der Waals surface area contributed by atoms with Crippen LogP contribution in [-0.2, 0) is 14.3 Å². The summed E-state index contributed by atoms with van der Waals surface area (Å²) in [5.41, 5.74) is 0.462. The van der Waals surface area contributed by atoms with Crippen LogP contribution in [0.4, 0.5) is 5.69 Å². The highest BCUT2D eigenvalue weighted by Gasteiger charge is 2.20. The van der Waals surface area contributed by atoms with Crippen LogP contribution in [0.15, 0.2) is 47.1 Å². The van der Waals surface area contributed by atoms with Gasteiger partial charge in [0, 0.05) is 0 Å². The average molecular weight is 346 g/mol. The Balaban J connectivity index is 1.82. The summed E-state index contributed by atoms with van der Waals surface area (Å²) < 4.78 is 15.0. The Hall–Kier alpha value is -3.29. The van der Waals surface area contributed by atoms with Crippen LogP contribution in [0.5, 0.6) is 5.75 Å². The normalized spacial score (nSPS) is 11.3. The molecule has 0 spiro atoms. The molecule has 1 aromatic heterocycles. The molecule has 2 rings (SSSR count). The number of ether oxygens (including phenoxy) is 2. The van der Waals surface area contributed by atoms with Gasteiger partial charge in [0.25, 0.3) is 11.8 Å². The lowest BCUT2D eigenvalue weighted by molar-refractivity contribution is -0.152. The molecule has 0 aliphatic carbocycles. The first-order valence-corrected chi connectivity index (χ1v) is 7.46. The van der Waals surface area contributed by atoms with E-state index in [0.29, 0.717) is 11.4 Å². The van der Waals surface area contributed by atoms with Crippen molar-refractivity contribution in [1.82, 2.24) is 5.32 Å². The monoisotopic (exact) mass is 346 g/mol. The van der Waals surface area contributed by atoms with Crippen molar-refractivity contribution in [3.8, 4) is 5.75 Å². The third kappa shape index (κ3) is 5.10. The first-order valence-electron chi connectivity index (χ1n) is 7.46. The van der Waals surface area contributed by atoms with Crippen LogP contribution in [-0.4, -0.2) is 37.5 Å². The molecule has 2 N–H and O–H groups in total. The molecule has 25 heavy (non-hydrogen) atoms. The lowest BCUT2D eigenvalue weighted by atomic mass is 10.2. The number of carbonyl (C=O) groups is 3. The van der Waals surface area contributed by atoms with E-state index in [1.54, 1.807) is 30.3 Å². The third-order valence-electron chi connectivity index (χ3n) is 3.18. The molecule has 1 heterocycles. The number of rotatable bonds is 7. The van der Waals surface area contributed by atoms with Gasteiger partial charge in [-0.25, -0.2) is 0 Å². The molecule has 8 nitrogen and oxygen atoms in total. The van der Waals surface area contributed by atoms with Crippen molar-refractivity contribution < 1.29 is 28.3 Å². The summed E-state index contributed by atoms with van der Waals surface area (Å²) in [5, 5.41) is 4.95. The Labute approximate surface area is 144 Å². The minimum atomic E-state index is -1.04. The molecule has 2 aromatic rings. The van der Waals surface area contributed by atoms with E-state index in [9.17, 15) is 14.4 Å². The minimum absolute atomic E-state index is 0.0785. The molecule has 2 amide bonds. The number of methoxy groups -OCH3 is 1. The number of nitrogens with one attached hydrogen (secondary N) is 2. The summed E-state index contributed by atoms with van der Waals surface area (Å²) in [4.78, 5) is 35.5. The molecular formula is C17H18N2O6. The zero-order chi connectivity index (χ0) is 18.2. The first-order chi connectivity index (χ1) is 12.0. The lowest BCUT2D eigenvalue weighted by Gasteiger charge is -2.15. The van der Waals surface area contributed by atoms with Crippen LogP contribution in [0, 0.1) is 0 Å². The molecule has 0 radical (unpaired) electrons. The number of benzene rings is 1. The van der Waals surface area contributed by atoms with E-state index in [1.165, 1.54) is 26.4 Å². The van der Waals surface area contributed by atoms with Gasteiger partial charge < -0.3 is 24.5 Å². The molecule has 1 aromatic carbocycles. The highest BCUT2D eigenvalue weighted by molar-refractivity contribution is 5.97. The van der Waals surface area contributed by atoms with Gasteiger partial charge in [0.15, 0.2) is 11.9 Å². The summed E-state index contributed by atoms with van der Waals surface area (Å²) in [6.45, 7) is 1.04. The van der Waals surface area contributed by atoms with Gasteiger partial charge in [-0.15, -0.1) is 0 Å². The highest BCUT2D eigenvalue weighted by Crippen LogP contribution is 2.23. The minimum Gasteiger partial charge on any atom is -0.495 e. The number of hydrogen-bond acceptors (Lipinski definition) is 6. The van der Waals surface area contributed by atoms with Crippen LogP contribution in [0.3, 0.4) is 0 Å². The number of furan rings is 1. The van der Waals surface area contributed by atoms with Gasteiger partial charge >= 0.3 is 5.97 Å². The van der Waals surface area contributed by atoms with Crippen molar-refractivity contribution in [3.05, 3.63) is 48.4 Å². The van der Waals surface area contributed by atoms with E-state index in [2.05, 4.69) is 10.6 Å². The zero-order valence-electron chi connectivity index (χ0n) is 13.8. The Morgan fingerprint density at radius 3 is 2.60 bits per heavy atom. The molecule has 0 fully saturated rings. The van der Waals surface area contributed by atoms with Crippen LogP contribution in [0.1, 0.15) is 17.5 Å². The summed E-state index contributed by atoms with van der Waals surface area (Å²) in [6, 6.07) is 9.87. The van der Waals surface area contributed by atoms with Crippen LogP contribution < -0.4 is 15.4 Å². The fraction of sp³-hybridized carbons (Fsp3) is 0.235. The molecule has 0 bridgehead atoms. The van der Waals surface area contributed by atoms with E-state index in [-0.39, 0.29) is 12.3 Å². The van der Waals surface area contributed by atoms with E-state index >= 15 is 0 Å². The van der Waals surface area contributed by atoms with Crippen molar-refractivity contribution in [3.63, 3.8) is 0 Å². The van der Waals surface area contributed by atoms with Crippen molar-refractivity contribution >= 4 is 23.5 Å². The van der Waals surface area contributed by atoms with Gasteiger partial charge in [0.05, 0.1) is 19.1 Å². The fourth-order valence-electron chi connectivity index (χ4n) is 1.92. The maximum Gasteiger partial charge on any atom is 0.326 e. The molecule has 8 heteroatoms. The predicted octanol–water partition coefficient (Wildman–Crippen LogP) is 1.59. The van der Waals surface area contributed by atoms with E-state index in [4.69, 9.17) is 13.9 Å². The van der Waals surface area contributed by atoms with Gasteiger partial charge in [0.2, 0.25) is 0 Å². The number of esters is 1. The second kappa shape index (κ2) is 8.53. The average Bonchev–Trinajstić information content (AvgIpc) is 3.14. The van der Waals surface area contributed by atoms with Crippen molar-refractivity contribution in [2.45, 2.75) is 13.0 Å². The maximum atomic E-state index is 12.1. The topological polar surface area (TPSA) is 107 Å². The second-order valence-electron chi connectivity index (χ2n) is 4.98. The van der Waals surface area contributed by atoms with E-state index in [0.717, 1.165) is 0 Å². The Morgan fingerprint density at radius 1 is 1.16 bits per heavy atom. The Kier molecular flexibility index (Phi) is 6.16. The SMILES string of the molecule is COc1ccccc1NC(=O)[C@@H](C)OC(=O)CNC(=O)c1ccco1. The molecule has 0 unspecified atom stereocenters. The molecule has 1 atom stereocenters. The molecule has 0 aliphatic heterocycles. The molecular weight excluding hydrogens is 328 g/mol. The standard InChI is InChI=1S/C17H18N2O6/c1-11(16(21)19-12-6-3-4-7-13(12)23-2)25-15(20)10-18-17(22)14-8-5-9-24-14/h3-9,11H,10H2,1-2H3,(H,18,22)(H,19,21)/t11-/m1/s1. The first kappa shape index (κ1) is 18.1. The number of carbonyl (C=O) groups excluding carboxylic acids is 3. The third-order valence-corrected chi connectivity index (χ3v) is 3.18. The quantitative estimate of drug-likeness (QED) is 0.737. The van der Waals surface area contributed by atoms with Gasteiger partial charge in [-0.1, -0.05) is 12.1 Å². The highest BCUT2D eigenvalue weighted by atomic mass is 16.5. The van der Waals surface area contributed by atoms with Crippen LogP contribution in [0.25, 0.3) is 0 Å². The van der Waals surface area contributed by atoms with Crippen molar-refractivity contribution in [2.24, 2.45) is 0 Å². The van der Waals surface area contributed by atoms with Gasteiger partial charge in [-0.2, -0.15) is 0 Å². The summed E-state index contributed by atoms with van der Waals surface area (Å²) in [7, 11) is 1.48. The fourth-order valence-corrected chi connectivity index (χ4v) is 1.92. The van der Waals surface area contributed by atoms with Gasteiger partial charge in [-0.05, 0) is 31.2 Å². The van der Waals surface area contributed by atoms with Crippen molar-refractivity contribution in [1.29, 1.82) is 0 Å². The second-order valence-corrected chi connectivity index (χ2v) is 4.98. The van der Waals surface area contributed by atoms with Gasteiger partial charge in [-0.3, -0.25) is 14.4 Å². The molecule has 0 aliphatic rings. The number of amides is 2. The van der Waals surface area contributed by atoms with Crippen LogP contribution >= 0.6 is 0 Å². The maximum absolute atomic E-state index is 12.1. The predicted molar refractivity (Wildman–Crippen MR) is 88.2 cm³/mol. The number of anilines is 1. The molecule has 0 saturated carbocycles. The lowest BCUT2D eigenvalue weighted by Crippen LogP contribution is -2.35.